The van der Waals surface area contributed by atoms with Gasteiger partial charge in [-0.1, -0.05) is 11.6 Å². The molecule has 2 aliphatic heterocycles. The SMILES string of the molecule is Cc1ccc2[nH]c(C(=O)N3CC4CCCNC4C3)cc2c1. The summed E-state index contributed by atoms with van der Waals surface area (Å²) >= 11 is 0. The second-order valence-corrected chi connectivity index (χ2v) is 6.45. The fraction of sp³-hybridized carbons (Fsp3) is 0.471. The quantitative estimate of drug-likeness (QED) is 0.843. The van der Waals surface area contributed by atoms with Crippen LogP contribution in [-0.4, -0.2) is 41.5 Å². The average molecular weight is 283 g/mol. The van der Waals surface area contributed by atoms with Crippen molar-refractivity contribution in [1.29, 1.82) is 0 Å². The summed E-state index contributed by atoms with van der Waals surface area (Å²) in [6.07, 6.45) is 2.47. The maximum absolute atomic E-state index is 12.7. The van der Waals surface area contributed by atoms with Gasteiger partial charge in [-0.3, -0.25) is 4.79 Å². The number of aryl methyl sites for hydroxylation is 1. The minimum atomic E-state index is 0.139. The third kappa shape index (κ3) is 2.23. The molecule has 0 saturated carbocycles. The topological polar surface area (TPSA) is 48.1 Å². The molecule has 0 bridgehead atoms. The van der Waals surface area contributed by atoms with E-state index in [9.17, 15) is 4.79 Å². The third-order valence-electron chi connectivity index (χ3n) is 4.89. The van der Waals surface area contributed by atoms with Crippen LogP contribution in [0.2, 0.25) is 0 Å². The Morgan fingerprint density at radius 2 is 2.19 bits per heavy atom. The van der Waals surface area contributed by atoms with Crippen LogP contribution in [-0.2, 0) is 0 Å². The van der Waals surface area contributed by atoms with Crippen LogP contribution in [0.4, 0.5) is 0 Å². The van der Waals surface area contributed by atoms with Gasteiger partial charge in [0.15, 0.2) is 0 Å². The van der Waals surface area contributed by atoms with Crippen molar-refractivity contribution in [2.24, 2.45) is 5.92 Å². The van der Waals surface area contributed by atoms with Crippen molar-refractivity contribution < 1.29 is 4.79 Å². The zero-order chi connectivity index (χ0) is 14.4. The first-order chi connectivity index (χ1) is 10.2. The fourth-order valence-corrected chi connectivity index (χ4v) is 3.75. The second-order valence-electron chi connectivity index (χ2n) is 6.45. The van der Waals surface area contributed by atoms with Crippen molar-refractivity contribution >= 4 is 16.8 Å². The van der Waals surface area contributed by atoms with Gasteiger partial charge in [0.2, 0.25) is 0 Å². The van der Waals surface area contributed by atoms with Crippen LogP contribution in [0.1, 0.15) is 28.9 Å². The van der Waals surface area contributed by atoms with E-state index in [1.165, 1.54) is 18.4 Å². The van der Waals surface area contributed by atoms with Crippen LogP contribution in [0.5, 0.6) is 0 Å². The lowest BCUT2D eigenvalue weighted by molar-refractivity contribution is 0.0781. The number of likely N-dealkylation sites (tertiary alicyclic amines) is 1. The first kappa shape index (κ1) is 12.9. The molecule has 2 aromatic rings. The summed E-state index contributed by atoms with van der Waals surface area (Å²) in [6.45, 7) is 4.91. The molecule has 1 aromatic heterocycles. The second kappa shape index (κ2) is 4.88. The van der Waals surface area contributed by atoms with Gasteiger partial charge in [-0.2, -0.15) is 0 Å². The number of benzene rings is 1. The molecule has 2 saturated heterocycles. The van der Waals surface area contributed by atoms with Crippen molar-refractivity contribution in [3.05, 3.63) is 35.5 Å². The van der Waals surface area contributed by atoms with E-state index in [-0.39, 0.29) is 5.91 Å². The molecule has 2 atom stereocenters. The predicted molar refractivity (Wildman–Crippen MR) is 83.5 cm³/mol. The Balaban J connectivity index is 1.58. The molecule has 2 N–H and O–H groups in total. The van der Waals surface area contributed by atoms with Gasteiger partial charge >= 0.3 is 0 Å². The van der Waals surface area contributed by atoms with Crippen molar-refractivity contribution in [2.45, 2.75) is 25.8 Å². The number of aromatic nitrogens is 1. The van der Waals surface area contributed by atoms with Crippen LogP contribution >= 0.6 is 0 Å². The van der Waals surface area contributed by atoms with Gasteiger partial charge < -0.3 is 15.2 Å². The Morgan fingerprint density at radius 1 is 1.29 bits per heavy atom. The molecule has 110 valence electrons. The Morgan fingerprint density at radius 3 is 3.05 bits per heavy atom. The largest absolute Gasteiger partial charge is 0.351 e. The van der Waals surface area contributed by atoms with Crippen molar-refractivity contribution in [1.82, 2.24) is 15.2 Å². The number of H-pyrrole nitrogens is 1. The maximum atomic E-state index is 12.7. The van der Waals surface area contributed by atoms with Crippen LogP contribution in [0.15, 0.2) is 24.3 Å². The molecule has 0 spiro atoms. The highest BCUT2D eigenvalue weighted by Crippen LogP contribution is 2.26. The van der Waals surface area contributed by atoms with Gasteiger partial charge in [0.25, 0.3) is 5.91 Å². The zero-order valence-corrected chi connectivity index (χ0v) is 12.4. The number of fused-ring (bicyclic) bond motifs is 2. The van der Waals surface area contributed by atoms with Gasteiger partial charge in [-0.05, 0) is 50.4 Å². The molecule has 2 fully saturated rings. The number of carbonyl (C=O) groups excluding carboxylic acids is 1. The number of piperidine rings is 1. The normalized spacial score (nSPS) is 25.3. The Bertz CT molecular complexity index is 676. The number of aromatic amines is 1. The summed E-state index contributed by atoms with van der Waals surface area (Å²) in [5.41, 5.74) is 2.98. The van der Waals surface area contributed by atoms with E-state index in [1.54, 1.807) is 0 Å². The van der Waals surface area contributed by atoms with Crippen molar-refractivity contribution in [3.63, 3.8) is 0 Å². The van der Waals surface area contributed by atoms with E-state index in [2.05, 4.69) is 29.4 Å². The first-order valence-electron chi connectivity index (χ1n) is 7.83. The fourth-order valence-electron chi connectivity index (χ4n) is 3.75. The molecular formula is C17H21N3O. The number of hydrogen-bond donors (Lipinski definition) is 2. The summed E-state index contributed by atoms with van der Waals surface area (Å²) in [5.74, 6) is 0.773. The molecule has 0 aliphatic carbocycles. The molecule has 0 radical (unpaired) electrons. The number of amides is 1. The molecule has 4 heteroatoms. The predicted octanol–water partition coefficient (Wildman–Crippen LogP) is 2.30. The molecule has 1 aromatic carbocycles. The number of hydrogen-bond acceptors (Lipinski definition) is 2. The van der Waals surface area contributed by atoms with Crippen molar-refractivity contribution in [3.8, 4) is 0 Å². The smallest absolute Gasteiger partial charge is 0.270 e. The highest BCUT2D eigenvalue weighted by Gasteiger charge is 2.36. The van der Waals surface area contributed by atoms with Crippen LogP contribution < -0.4 is 5.32 Å². The summed E-state index contributed by atoms with van der Waals surface area (Å²) in [7, 11) is 0. The summed E-state index contributed by atoms with van der Waals surface area (Å²) in [6, 6.07) is 8.72. The van der Waals surface area contributed by atoms with Gasteiger partial charge in [0, 0.05) is 30.0 Å². The third-order valence-corrected chi connectivity index (χ3v) is 4.89. The maximum Gasteiger partial charge on any atom is 0.270 e. The first-order valence-corrected chi connectivity index (χ1v) is 7.83. The molecular weight excluding hydrogens is 262 g/mol. The highest BCUT2D eigenvalue weighted by molar-refractivity contribution is 5.98. The molecule has 2 unspecified atom stereocenters. The monoisotopic (exact) mass is 283 g/mol. The average Bonchev–Trinajstić information content (AvgIpc) is 3.09. The van der Waals surface area contributed by atoms with Gasteiger partial charge in [0.05, 0.1) is 0 Å². The number of nitrogens with one attached hydrogen (secondary N) is 2. The Labute approximate surface area is 124 Å². The lowest BCUT2D eigenvalue weighted by atomic mass is 9.94. The van der Waals surface area contributed by atoms with Gasteiger partial charge in [0.1, 0.15) is 5.69 Å². The molecule has 2 aliphatic rings. The zero-order valence-electron chi connectivity index (χ0n) is 12.4. The lowest BCUT2D eigenvalue weighted by Gasteiger charge is -2.24. The molecule has 4 nitrogen and oxygen atoms in total. The van der Waals surface area contributed by atoms with E-state index >= 15 is 0 Å². The van der Waals surface area contributed by atoms with Crippen LogP contribution in [0.25, 0.3) is 10.9 Å². The molecule has 3 heterocycles. The molecule has 21 heavy (non-hydrogen) atoms. The van der Waals surface area contributed by atoms with Crippen LogP contribution in [0.3, 0.4) is 0 Å². The van der Waals surface area contributed by atoms with E-state index < -0.39 is 0 Å². The standard InChI is InChI=1S/C17H21N3O/c1-11-4-5-14-13(7-11)8-15(19-14)17(21)20-9-12-3-2-6-18-16(12)10-20/h4-5,7-8,12,16,18-19H,2-3,6,9-10H2,1H3. The van der Waals surface area contributed by atoms with Gasteiger partial charge in [-0.15, -0.1) is 0 Å². The number of rotatable bonds is 1. The Kier molecular flexibility index (Phi) is 3.00. The summed E-state index contributed by atoms with van der Waals surface area (Å²) < 4.78 is 0. The van der Waals surface area contributed by atoms with Crippen LogP contribution in [0, 0.1) is 12.8 Å². The molecule has 1 amide bonds. The highest BCUT2D eigenvalue weighted by atomic mass is 16.2. The summed E-state index contributed by atoms with van der Waals surface area (Å²) in [5, 5.41) is 4.67. The Hall–Kier alpha value is -1.81. The minimum Gasteiger partial charge on any atom is -0.351 e. The van der Waals surface area contributed by atoms with Gasteiger partial charge in [-0.25, -0.2) is 0 Å². The van der Waals surface area contributed by atoms with E-state index in [0.29, 0.717) is 17.7 Å². The lowest BCUT2D eigenvalue weighted by Crippen LogP contribution is -2.41. The number of carbonyl (C=O) groups is 1. The number of nitrogens with zero attached hydrogens (tertiary/aromatic N) is 1. The van der Waals surface area contributed by atoms with E-state index in [4.69, 9.17) is 0 Å². The van der Waals surface area contributed by atoms with Crippen molar-refractivity contribution in [2.75, 3.05) is 19.6 Å². The minimum absolute atomic E-state index is 0.139. The van der Waals surface area contributed by atoms with E-state index in [1.807, 2.05) is 17.0 Å². The summed E-state index contributed by atoms with van der Waals surface area (Å²) in [4.78, 5) is 18.0. The van der Waals surface area contributed by atoms with E-state index in [0.717, 1.165) is 30.5 Å². The molecule has 4 rings (SSSR count).